The highest BCUT2D eigenvalue weighted by molar-refractivity contribution is 5.09. The SMILES string of the molecule is CC(C)c1ccn[nH]c1=O. The van der Waals surface area contributed by atoms with Crippen LogP contribution in [0.15, 0.2) is 17.1 Å². The van der Waals surface area contributed by atoms with Gasteiger partial charge >= 0.3 is 0 Å². The molecule has 0 aromatic carbocycles. The summed E-state index contributed by atoms with van der Waals surface area (Å²) in [5.74, 6) is 0.270. The average molecular weight is 138 g/mol. The summed E-state index contributed by atoms with van der Waals surface area (Å²) < 4.78 is 0. The molecule has 1 heterocycles. The second-order valence-electron chi connectivity index (χ2n) is 2.50. The summed E-state index contributed by atoms with van der Waals surface area (Å²) in [4.78, 5) is 10.9. The number of nitrogens with zero attached hydrogens (tertiary/aromatic N) is 1. The molecule has 1 aromatic heterocycles. The molecule has 3 nitrogen and oxygen atoms in total. The van der Waals surface area contributed by atoms with Gasteiger partial charge in [-0.1, -0.05) is 13.8 Å². The molecule has 54 valence electrons. The highest BCUT2D eigenvalue weighted by Gasteiger charge is 2.01. The lowest BCUT2D eigenvalue weighted by atomic mass is 10.1. The molecule has 0 aliphatic carbocycles. The topological polar surface area (TPSA) is 45.8 Å². The van der Waals surface area contributed by atoms with E-state index in [-0.39, 0.29) is 11.5 Å². The van der Waals surface area contributed by atoms with Gasteiger partial charge in [-0.25, -0.2) is 5.10 Å². The van der Waals surface area contributed by atoms with E-state index in [1.165, 1.54) is 0 Å². The van der Waals surface area contributed by atoms with Crippen LogP contribution in [0.5, 0.6) is 0 Å². The van der Waals surface area contributed by atoms with Gasteiger partial charge in [0, 0.05) is 11.8 Å². The average Bonchev–Trinajstić information content (AvgIpc) is 1.88. The molecule has 0 saturated carbocycles. The Kier molecular flexibility index (Phi) is 1.85. The molecule has 0 saturated heterocycles. The third kappa shape index (κ3) is 1.23. The maximum absolute atomic E-state index is 10.9. The van der Waals surface area contributed by atoms with E-state index in [1.807, 2.05) is 13.8 Å². The number of nitrogens with one attached hydrogen (secondary N) is 1. The molecule has 0 aliphatic rings. The molecule has 1 aromatic rings. The van der Waals surface area contributed by atoms with Crippen LogP contribution in [0.2, 0.25) is 0 Å². The number of rotatable bonds is 1. The van der Waals surface area contributed by atoms with E-state index < -0.39 is 0 Å². The van der Waals surface area contributed by atoms with E-state index in [2.05, 4.69) is 10.2 Å². The van der Waals surface area contributed by atoms with Crippen molar-refractivity contribution in [2.24, 2.45) is 0 Å². The molecule has 10 heavy (non-hydrogen) atoms. The van der Waals surface area contributed by atoms with E-state index >= 15 is 0 Å². The Hall–Kier alpha value is -1.12. The first-order valence-corrected chi connectivity index (χ1v) is 3.25. The van der Waals surface area contributed by atoms with Crippen LogP contribution in [0.1, 0.15) is 25.3 Å². The molecule has 0 bridgehead atoms. The minimum atomic E-state index is -0.0856. The van der Waals surface area contributed by atoms with Crippen LogP contribution < -0.4 is 5.56 Å². The third-order valence-electron chi connectivity index (χ3n) is 1.38. The molecule has 0 unspecified atom stereocenters. The molecule has 0 spiro atoms. The van der Waals surface area contributed by atoms with Crippen LogP contribution in [0, 0.1) is 0 Å². The van der Waals surface area contributed by atoms with Crippen LogP contribution in [0.25, 0.3) is 0 Å². The minimum absolute atomic E-state index is 0.0856. The fourth-order valence-electron chi connectivity index (χ4n) is 0.808. The summed E-state index contributed by atoms with van der Waals surface area (Å²) in [6.07, 6.45) is 1.59. The Morgan fingerprint density at radius 1 is 1.60 bits per heavy atom. The van der Waals surface area contributed by atoms with Crippen molar-refractivity contribution in [3.05, 3.63) is 28.2 Å². The highest BCUT2D eigenvalue weighted by atomic mass is 16.1. The Balaban J connectivity index is 3.16. The minimum Gasteiger partial charge on any atom is -0.268 e. The van der Waals surface area contributed by atoms with Gasteiger partial charge in [-0.15, -0.1) is 0 Å². The van der Waals surface area contributed by atoms with Crippen molar-refractivity contribution in [2.75, 3.05) is 0 Å². The molecular formula is C7H10N2O. The summed E-state index contributed by atoms with van der Waals surface area (Å²) in [5, 5.41) is 5.97. The maximum Gasteiger partial charge on any atom is 0.267 e. The molecule has 3 heteroatoms. The van der Waals surface area contributed by atoms with Gasteiger partial charge in [0.05, 0.1) is 0 Å². The summed E-state index contributed by atoms with van der Waals surface area (Å²) in [6.45, 7) is 3.95. The molecule has 0 radical (unpaired) electrons. The zero-order valence-electron chi connectivity index (χ0n) is 6.09. The van der Waals surface area contributed by atoms with E-state index in [1.54, 1.807) is 12.3 Å². The molecule has 1 rings (SSSR count). The van der Waals surface area contributed by atoms with Gasteiger partial charge in [-0.3, -0.25) is 4.79 Å². The van der Waals surface area contributed by atoms with Crippen molar-refractivity contribution in [2.45, 2.75) is 19.8 Å². The molecule has 0 aliphatic heterocycles. The second-order valence-corrected chi connectivity index (χ2v) is 2.50. The predicted octanol–water partition coefficient (Wildman–Crippen LogP) is 0.893. The first kappa shape index (κ1) is 6.99. The Morgan fingerprint density at radius 2 is 2.30 bits per heavy atom. The number of H-pyrrole nitrogens is 1. The fourth-order valence-corrected chi connectivity index (χ4v) is 0.808. The number of hydrogen-bond donors (Lipinski definition) is 1. The lowest BCUT2D eigenvalue weighted by Gasteiger charge is -1.99. The smallest absolute Gasteiger partial charge is 0.267 e. The van der Waals surface area contributed by atoms with Crippen molar-refractivity contribution in [3.8, 4) is 0 Å². The van der Waals surface area contributed by atoms with Crippen molar-refractivity contribution < 1.29 is 0 Å². The lowest BCUT2D eigenvalue weighted by molar-refractivity contribution is 0.820. The zero-order valence-corrected chi connectivity index (χ0v) is 6.09. The molecule has 0 fully saturated rings. The monoisotopic (exact) mass is 138 g/mol. The van der Waals surface area contributed by atoms with E-state index in [9.17, 15) is 4.79 Å². The van der Waals surface area contributed by atoms with Crippen molar-refractivity contribution in [1.82, 2.24) is 10.2 Å². The molecule has 0 amide bonds. The van der Waals surface area contributed by atoms with Crippen LogP contribution in [-0.2, 0) is 0 Å². The first-order chi connectivity index (χ1) is 4.72. The van der Waals surface area contributed by atoms with Gasteiger partial charge in [0.25, 0.3) is 5.56 Å². The summed E-state index contributed by atoms with van der Waals surface area (Å²) >= 11 is 0. The van der Waals surface area contributed by atoms with Crippen LogP contribution in [0.4, 0.5) is 0 Å². The molecular weight excluding hydrogens is 128 g/mol. The van der Waals surface area contributed by atoms with Gasteiger partial charge in [0.1, 0.15) is 0 Å². The first-order valence-electron chi connectivity index (χ1n) is 3.25. The Morgan fingerprint density at radius 3 is 2.70 bits per heavy atom. The van der Waals surface area contributed by atoms with Crippen molar-refractivity contribution in [1.29, 1.82) is 0 Å². The van der Waals surface area contributed by atoms with Gasteiger partial charge < -0.3 is 0 Å². The van der Waals surface area contributed by atoms with Gasteiger partial charge in [-0.2, -0.15) is 5.10 Å². The largest absolute Gasteiger partial charge is 0.268 e. The number of aromatic amines is 1. The van der Waals surface area contributed by atoms with Gasteiger partial charge in [0.15, 0.2) is 0 Å². The maximum atomic E-state index is 10.9. The Labute approximate surface area is 59.1 Å². The van der Waals surface area contributed by atoms with E-state index in [0.29, 0.717) is 0 Å². The summed E-state index contributed by atoms with van der Waals surface area (Å²) in [7, 11) is 0. The molecule has 0 atom stereocenters. The van der Waals surface area contributed by atoms with Gasteiger partial charge in [-0.05, 0) is 12.0 Å². The molecule has 1 N–H and O–H groups in total. The normalized spacial score (nSPS) is 10.3. The quantitative estimate of drug-likeness (QED) is 0.626. The van der Waals surface area contributed by atoms with Crippen molar-refractivity contribution in [3.63, 3.8) is 0 Å². The van der Waals surface area contributed by atoms with Crippen LogP contribution >= 0.6 is 0 Å². The van der Waals surface area contributed by atoms with Gasteiger partial charge in [0.2, 0.25) is 0 Å². The fraction of sp³-hybridized carbons (Fsp3) is 0.429. The van der Waals surface area contributed by atoms with Crippen LogP contribution in [-0.4, -0.2) is 10.2 Å². The lowest BCUT2D eigenvalue weighted by Crippen LogP contribution is -2.13. The van der Waals surface area contributed by atoms with Crippen molar-refractivity contribution >= 4 is 0 Å². The highest BCUT2D eigenvalue weighted by Crippen LogP contribution is 2.05. The van der Waals surface area contributed by atoms with Crippen LogP contribution in [0.3, 0.4) is 0 Å². The summed E-state index contributed by atoms with van der Waals surface area (Å²) in [6, 6.07) is 1.74. The predicted molar refractivity (Wildman–Crippen MR) is 38.9 cm³/mol. The Bertz CT molecular complexity index is 264. The zero-order chi connectivity index (χ0) is 7.56. The summed E-state index contributed by atoms with van der Waals surface area (Å²) in [5.41, 5.74) is 0.701. The third-order valence-corrected chi connectivity index (χ3v) is 1.38. The van der Waals surface area contributed by atoms with E-state index in [4.69, 9.17) is 0 Å². The number of aromatic nitrogens is 2. The number of hydrogen-bond acceptors (Lipinski definition) is 2. The second kappa shape index (κ2) is 2.64. The van der Waals surface area contributed by atoms with E-state index in [0.717, 1.165) is 5.56 Å². The standard InChI is InChI=1S/C7H10N2O/c1-5(2)6-3-4-8-9-7(6)10/h3-5H,1-2H3,(H,9,10).